The van der Waals surface area contributed by atoms with Gasteiger partial charge in [0.25, 0.3) is 0 Å². The maximum Gasteiger partial charge on any atom is 0.347 e. The van der Waals surface area contributed by atoms with Gasteiger partial charge in [0, 0.05) is 18.2 Å². The summed E-state index contributed by atoms with van der Waals surface area (Å²) in [6.45, 7) is 0. The fourth-order valence-corrected chi connectivity index (χ4v) is 1.59. The van der Waals surface area contributed by atoms with Crippen LogP contribution in [0.25, 0.3) is 0 Å². The maximum absolute atomic E-state index is 13.7. The molecule has 2 aromatic rings. The van der Waals surface area contributed by atoms with Crippen LogP contribution in [0.5, 0.6) is 17.2 Å². The van der Waals surface area contributed by atoms with Crippen LogP contribution in [-0.2, 0) is 0 Å². The van der Waals surface area contributed by atoms with Gasteiger partial charge in [-0.05, 0) is 12.1 Å². The zero-order chi connectivity index (χ0) is 15.6. The molecule has 0 amide bonds. The van der Waals surface area contributed by atoms with Crippen LogP contribution in [0.15, 0.2) is 30.3 Å². The standard InChI is InChI=1S/C13H8F3NO4/c1-20-8-5-11(16)13(17(18)19)12(6-8)21-7-2-3-9(14)10(15)4-7/h2-6H,1H3. The van der Waals surface area contributed by atoms with Gasteiger partial charge in [0.15, 0.2) is 11.6 Å². The molecule has 0 aliphatic carbocycles. The van der Waals surface area contributed by atoms with Crippen LogP contribution in [0.3, 0.4) is 0 Å². The predicted octanol–water partition coefficient (Wildman–Crippen LogP) is 3.81. The second-order valence-electron chi connectivity index (χ2n) is 3.89. The average molecular weight is 299 g/mol. The summed E-state index contributed by atoms with van der Waals surface area (Å²) in [5.41, 5.74) is -0.930. The Hall–Kier alpha value is -2.77. The lowest BCUT2D eigenvalue weighted by Gasteiger charge is -2.09. The molecule has 0 aromatic heterocycles. The number of benzene rings is 2. The fourth-order valence-electron chi connectivity index (χ4n) is 1.59. The Bertz CT molecular complexity index is 706. The van der Waals surface area contributed by atoms with Crippen LogP contribution in [0, 0.1) is 27.6 Å². The third kappa shape index (κ3) is 3.04. The minimum Gasteiger partial charge on any atom is -0.497 e. The SMILES string of the molecule is COc1cc(F)c([N+](=O)[O-])c(Oc2ccc(F)c(F)c2)c1. The molecule has 0 heterocycles. The zero-order valence-electron chi connectivity index (χ0n) is 10.6. The van der Waals surface area contributed by atoms with Crippen LogP contribution in [0.2, 0.25) is 0 Å². The molecule has 0 bridgehead atoms. The van der Waals surface area contributed by atoms with Gasteiger partial charge < -0.3 is 9.47 Å². The summed E-state index contributed by atoms with van der Waals surface area (Å²) in [6.07, 6.45) is 0. The van der Waals surface area contributed by atoms with Crippen molar-refractivity contribution in [1.82, 2.24) is 0 Å². The summed E-state index contributed by atoms with van der Waals surface area (Å²) in [5, 5.41) is 10.9. The van der Waals surface area contributed by atoms with Crippen molar-refractivity contribution in [3.63, 3.8) is 0 Å². The van der Waals surface area contributed by atoms with E-state index in [0.29, 0.717) is 6.07 Å². The number of hydrogen-bond donors (Lipinski definition) is 0. The van der Waals surface area contributed by atoms with Crippen LogP contribution < -0.4 is 9.47 Å². The van der Waals surface area contributed by atoms with E-state index in [9.17, 15) is 23.3 Å². The number of nitro groups is 1. The summed E-state index contributed by atoms with van der Waals surface area (Å²) in [4.78, 5) is 9.88. The zero-order valence-corrected chi connectivity index (χ0v) is 10.6. The Morgan fingerprint density at radius 1 is 1.00 bits per heavy atom. The van der Waals surface area contributed by atoms with E-state index in [1.54, 1.807) is 0 Å². The van der Waals surface area contributed by atoms with Crippen molar-refractivity contribution in [1.29, 1.82) is 0 Å². The minimum atomic E-state index is -1.20. The first-order valence-electron chi connectivity index (χ1n) is 5.57. The summed E-state index contributed by atoms with van der Waals surface area (Å²) in [6, 6.07) is 4.42. The molecular weight excluding hydrogens is 291 g/mol. The molecular formula is C13H8F3NO4. The molecule has 5 nitrogen and oxygen atoms in total. The summed E-state index contributed by atoms with van der Waals surface area (Å²) in [7, 11) is 1.24. The molecule has 0 saturated heterocycles. The molecule has 8 heteroatoms. The number of rotatable bonds is 4. The first kappa shape index (κ1) is 14.6. The van der Waals surface area contributed by atoms with Crippen LogP contribution in [0.1, 0.15) is 0 Å². The Balaban J connectivity index is 2.48. The van der Waals surface area contributed by atoms with Crippen molar-refractivity contribution < 1.29 is 27.6 Å². The molecule has 0 fully saturated rings. The summed E-state index contributed by atoms with van der Waals surface area (Å²) < 4.78 is 49.4. The number of methoxy groups -OCH3 is 1. The van der Waals surface area contributed by atoms with Gasteiger partial charge in [-0.15, -0.1) is 0 Å². The topological polar surface area (TPSA) is 61.6 Å². The highest BCUT2D eigenvalue weighted by molar-refractivity contribution is 5.53. The second-order valence-corrected chi connectivity index (χ2v) is 3.89. The maximum atomic E-state index is 13.7. The Kier molecular flexibility index (Phi) is 3.97. The van der Waals surface area contributed by atoms with Crippen molar-refractivity contribution in [2.75, 3.05) is 7.11 Å². The van der Waals surface area contributed by atoms with Gasteiger partial charge >= 0.3 is 5.69 Å². The van der Waals surface area contributed by atoms with Gasteiger partial charge in [-0.3, -0.25) is 10.1 Å². The largest absolute Gasteiger partial charge is 0.497 e. The lowest BCUT2D eigenvalue weighted by molar-refractivity contribution is -0.388. The van der Waals surface area contributed by atoms with E-state index in [-0.39, 0.29) is 11.5 Å². The lowest BCUT2D eigenvalue weighted by Crippen LogP contribution is -1.98. The fraction of sp³-hybridized carbons (Fsp3) is 0.0769. The van der Waals surface area contributed by atoms with Crippen molar-refractivity contribution >= 4 is 5.69 Å². The van der Waals surface area contributed by atoms with Crippen LogP contribution >= 0.6 is 0 Å². The highest BCUT2D eigenvalue weighted by atomic mass is 19.2. The Labute approximate surface area is 116 Å². The third-order valence-corrected chi connectivity index (χ3v) is 2.54. The third-order valence-electron chi connectivity index (χ3n) is 2.54. The molecule has 0 N–H and O–H groups in total. The van der Waals surface area contributed by atoms with Gasteiger partial charge in [0.05, 0.1) is 12.0 Å². The van der Waals surface area contributed by atoms with Gasteiger partial charge in [-0.25, -0.2) is 8.78 Å². The molecule has 2 rings (SSSR count). The van der Waals surface area contributed by atoms with Gasteiger partial charge in [-0.1, -0.05) is 0 Å². The van der Waals surface area contributed by atoms with E-state index in [4.69, 9.17) is 9.47 Å². The van der Waals surface area contributed by atoms with E-state index in [1.165, 1.54) is 7.11 Å². The molecule has 0 unspecified atom stereocenters. The highest BCUT2D eigenvalue weighted by Gasteiger charge is 2.24. The predicted molar refractivity (Wildman–Crippen MR) is 66.0 cm³/mol. The smallest absolute Gasteiger partial charge is 0.347 e. The lowest BCUT2D eigenvalue weighted by atomic mass is 10.2. The van der Waals surface area contributed by atoms with Gasteiger partial charge in [0.2, 0.25) is 11.6 Å². The van der Waals surface area contributed by atoms with Crippen molar-refractivity contribution in [3.05, 3.63) is 57.9 Å². The molecule has 0 aliphatic heterocycles. The van der Waals surface area contributed by atoms with Crippen molar-refractivity contribution in [2.24, 2.45) is 0 Å². The van der Waals surface area contributed by atoms with Gasteiger partial charge in [-0.2, -0.15) is 4.39 Å². The summed E-state index contributed by atoms with van der Waals surface area (Å²) >= 11 is 0. The first-order chi connectivity index (χ1) is 9.92. The molecule has 0 spiro atoms. The Morgan fingerprint density at radius 3 is 2.24 bits per heavy atom. The summed E-state index contributed by atoms with van der Waals surface area (Å²) in [5.74, 6) is -4.19. The van der Waals surface area contributed by atoms with Crippen molar-refractivity contribution in [3.8, 4) is 17.2 Å². The molecule has 2 aromatic carbocycles. The highest BCUT2D eigenvalue weighted by Crippen LogP contribution is 2.37. The van der Waals surface area contributed by atoms with Crippen LogP contribution in [0.4, 0.5) is 18.9 Å². The number of nitro benzene ring substituents is 1. The molecule has 0 atom stereocenters. The molecule has 110 valence electrons. The van der Waals surface area contributed by atoms with E-state index >= 15 is 0 Å². The number of nitrogens with zero attached hydrogens (tertiary/aromatic N) is 1. The van der Waals surface area contributed by atoms with Crippen molar-refractivity contribution in [2.45, 2.75) is 0 Å². The average Bonchev–Trinajstić information content (AvgIpc) is 2.41. The van der Waals surface area contributed by atoms with Gasteiger partial charge in [0.1, 0.15) is 11.5 Å². The first-order valence-corrected chi connectivity index (χ1v) is 5.57. The number of hydrogen-bond acceptors (Lipinski definition) is 4. The number of ether oxygens (including phenoxy) is 2. The van der Waals surface area contributed by atoms with Crippen LogP contribution in [-0.4, -0.2) is 12.0 Å². The minimum absolute atomic E-state index is 0.0179. The molecule has 21 heavy (non-hydrogen) atoms. The second kappa shape index (κ2) is 5.70. The monoisotopic (exact) mass is 299 g/mol. The Morgan fingerprint density at radius 2 is 1.67 bits per heavy atom. The molecule has 0 radical (unpaired) electrons. The molecule has 0 aliphatic rings. The van der Waals surface area contributed by atoms with E-state index in [2.05, 4.69) is 0 Å². The van der Waals surface area contributed by atoms with E-state index < -0.39 is 33.8 Å². The quantitative estimate of drug-likeness (QED) is 0.636. The number of halogens is 3. The van der Waals surface area contributed by atoms with E-state index in [1.807, 2.05) is 0 Å². The van der Waals surface area contributed by atoms with E-state index in [0.717, 1.165) is 24.3 Å². The normalized spacial score (nSPS) is 10.3. The molecule has 0 saturated carbocycles.